The van der Waals surface area contributed by atoms with E-state index in [1.807, 2.05) is 67.6 Å². The predicted molar refractivity (Wildman–Crippen MR) is 121 cm³/mol. The summed E-state index contributed by atoms with van der Waals surface area (Å²) in [6, 6.07) is 18.6. The van der Waals surface area contributed by atoms with Crippen molar-refractivity contribution in [3.8, 4) is 11.5 Å². The maximum atomic E-state index is 13.2. The minimum absolute atomic E-state index is 0.251. The van der Waals surface area contributed by atoms with Crippen LogP contribution in [0.2, 0.25) is 0 Å². The number of nitrogens with two attached hydrogens (primary N) is 1. The number of ether oxygens (including phenoxy) is 3. The van der Waals surface area contributed by atoms with Gasteiger partial charge in [0.25, 0.3) is 0 Å². The highest BCUT2D eigenvalue weighted by Crippen LogP contribution is 2.37. The lowest BCUT2D eigenvalue weighted by atomic mass is 10.1. The van der Waals surface area contributed by atoms with Crippen LogP contribution in [-0.4, -0.2) is 30.9 Å². The lowest BCUT2D eigenvalue weighted by Crippen LogP contribution is -2.07. The molecule has 7 heteroatoms. The molecule has 0 saturated carbocycles. The molecule has 0 aliphatic carbocycles. The van der Waals surface area contributed by atoms with Gasteiger partial charge >= 0.3 is 0 Å². The van der Waals surface area contributed by atoms with Crippen LogP contribution in [0.1, 0.15) is 22.7 Å². The van der Waals surface area contributed by atoms with E-state index in [-0.39, 0.29) is 6.04 Å². The number of anilines is 1. The second kappa shape index (κ2) is 8.81. The van der Waals surface area contributed by atoms with Crippen LogP contribution in [0.4, 0.5) is 5.69 Å². The molecule has 0 spiro atoms. The molecule has 1 aliphatic heterocycles. The highest BCUT2D eigenvalue weighted by atomic mass is 32.2. The van der Waals surface area contributed by atoms with E-state index in [0.717, 1.165) is 21.6 Å². The van der Waals surface area contributed by atoms with Gasteiger partial charge in [0.1, 0.15) is 29.8 Å². The highest BCUT2D eigenvalue weighted by Gasteiger charge is 2.26. The van der Waals surface area contributed by atoms with Gasteiger partial charge in [0, 0.05) is 4.90 Å². The number of hydrogen-bond acceptors (Lipinski definition) is 6. The van der Waals surface area contributed by atoms with E-state index in [0.29, 0.717) is 34.6 Å². The monoisotopic (exact) mass is 436 g/mol. The van der Waals surface area contributed by atoms with Gasteiger partial charge in [-0.2, -0.15) is 0 Å². The summed E-state index contributed by atoms with van der Waals surface area (Å²) in [5.41, 5.74) is 9.21. The third-order valence-corrected chi connectivity index (χ3v) is 6.61. The number of benzene rings is 3. The first-order chi connectivity index (χ1) is 15.0. The van der Waals surface area contributed by atoms with Crippen molar-refractivity contribution in [2.45, 2.75) is 22.8 Å². The molecular formula is C24H24N2O4S. The Morgan fingerprint density at radius 3 is 2.32 bits per heavy atom. The fraction of sp³-hybridized carbons (Fsp3) is 0.208. The average molecular weight is 437 g/mol. The maximum Gasteiger partial charge on any atom is 0.218 e. The highest BCUT2D eigenvalue weighted by molar-refractivity contribution is 7.85. The largest absolute Gasteiger partial charge is 0.494 e. The SMILES string of the molecule is COc1cc(C2COC(c3ccccc3[S@@](=O)c3ccc(C)cc3)=N2)cc(OC)c1N. The molecule has 3 aromatic rings. The van der Waals surface area contributed by atoms with E-state index < -0.39 is 10.8 Å². The molecule has 6 nitrogen and oxygen atoms in total. The van der Waals surface area contributed by atoms with E-state index in [2.05, 4.69) is 0 Å². The summed E-state index contributed by atoms with van der Waals surface area (Å²) in [5, 5.41) is 0. The summed E-state index contributed by atoms with van der Waals surface area (Å²) in [6.07, 6.45) is 0. The van der Waals surface area contributed by atoms with Crippen LogP contribution in [0.25, 0.3) is 0 Å². The molecule has 2 atom stereocenters. The molecule has 0 saturated heterocycles. The van der Waals surface area contributed by atoms with Crippen molar-refractivity contribution in [3.05, 3.63) is 77.4 Å². The molecule has 31 heavy (non-hydrogen) atoms. The Balaban J connectivity index is 1.69. The van der Waals surface area contributed by atoms with Crippen LogP contribution in [0.15, 0.2) is 75.4 Å². The summed E-state index contributed by atoms with van der Waals surface area (Å²) >= 11 is 0. The summed E-state index contributed by atoms with van der Waals surface area (Å²) in [5.74, 6) is 1.52. The number of aryl methyl sites for hydroxylation is 1. The van der Waals surface area contributed by atoms with E-state index in [4.69, 9.17) is 24.9 Å². The molecule has 3 aromatic carbocycles. The molecule has 0 radical (unpaired) electrons. The fourth-order valence-corrected chi connectivity index (χ4v) is 4.63. The van der Waals surface area contributed by atoms with E-state index >= 15 is 0 Å². The molecule has 0 amide bonds. The molecule has 0 aromatic heterocycles. The summed E-state index contributed by atoms with van der Waals surface area (Å²) in [6.45, 7) is 2.36. The number of hydrogen-bond donors (Lipinski definition) is 1. The first kappa shape index (κ1) is 20.9. The van der Waals surface area contributed by atoms with Gasteiger partial charge in [0.2, 0.25) is 5.90 Å². The zero-order valence-corrected chi connectivity index (χ0v) is 18.4. The lowest BCUT2D eigenvalue weighted by Gasteiger charge is -2.13. The normalized spacial score (nSPS) is 16.4. The predicted octanol–water partition coefficient (Wildman–Crippen LogP) is 4.28. The van der Waals surface area contributed by atoms with Gasteiger partial charge in [-0.05, 0) is 48.9 Å². The molecule has 1 unspecified atom stereocenters. The lowest BCUT2D eigenvalue weighted by molar-refractivity contribution is 0.318. The molecular weight excluding hydrogens is 412 g/mol. The number of methoxy groups -OCH3 is 2. The van der Waals surface area contributed by atoms with Gasteiger partial charge < -0.3 is 19.9 Å². The minimum atomic E-state index is -1.35. The maximum absolute atomic E-state index is 13.2. The van der Waals surface area contributed by atoms with Crippen LogP contribution in [0.5, 0.6) is 11.5 Å². The van der Waals surface area contributed by atoms with Gasteiger partial charge in [-0.1, -0.05) is 29.8 Å². The van der Waals surface area contributed by atoms with Crippen LogP contribution in [0.3, 0.4) is 0 Å². The van der Waals surface area contributed by atoms with Crippen molar-refractivity contribution in [1.29, 1.82) is 0 Å². The smallest absolute Gasteiger partial charge is 0.218 e. The molecule has 4 rings (SSSR count). The molecule has 1 heterocycles. The van der Waals surface area contributed by atoms with Crippen molar-refractivity contribution in [2.75, 3.05) is 26.6 Å². The second-order valence-corrected chi connectivity index (χ2v) is 8.63. The summed E-state index contributed by atoms with van der Waals surface area (Å²) in [7, 11) is 1.77. The van der Waals surface area contributed by atoms with E-state index in [1.54, 1.807) is 14.2 Å². The zero-order chi connectivity index (χ0) is 22.0. The van der Waals surface area contributed by atoms with Gasteiger partial charge in [-0.25, -0.2) is 9.20 Å². The number of rotatable bonds is 6. The van der Waals surface area contributed by atoms with Crippen LogP contribution < -0.4 is 15.2 Å². The quantitative estimate of drug-likeness (QED) is 0.583. The minimum Gasteiger partial charge on any atom is -0.494 e. The van der Waals surface area contributed by atoms with Crippen molar-refractivity contribution in [2.24, 2.45) is 4.99 Å². The van der Waals surface area contributed by atoms with E-state index in [1.165, 1.54) is 0 Å². The molecule has 0 bridgehead atoms. The average Bonchev–Trinajstić information content (AvgIpc) is 3.29. The van der Waals surface area contributed by atoms with Gasteiger partial charge in [-0.15, -0.1) is 0 Å². The van der Waals surface area contributed by atoms with Crippen LogP contribution in [0, 0.1) is 6.92 Å². The second-order valence-electron chi connectivity index (χ2n) is 7.18. The Hall–Kier alpha value is -3.32. The van der Waals surface area contributed by atoms with Crippen LogP contribution in [-0.2, 0) is 15.5 Å². The van der Waals surface area contributed by atoms with Gasteiger partial charge in [-0.3, -0.25) is 0 Å². The Labute approximate surface area is 184 Å². The number of aliphatic imine (C=N–C) groups is 1. The molecule has 160 valence electrons. The van der Waals surface area contributed by atoms with Gasteiger partial charge in [0.05, 0.1) is 35.5 Å². The Bertz CT molecular complexity index is 1130. The third kappa shape index (κ3) is 4.14. The van der Waals surface area contributed by atoms with E-state index in [9.17, 15) is 4.21 Å². The standard InChI is InChI=1S/C24H24N2O4S/c1-15-8-10-17(11-9-15)31(27)22-7-5-4-6-18(22)24-26-19(14-30-24)16-12-20(28-2)23(25)21(13-16)29-3/h4-13,19H,14,25H2,1-3H3/t19?,31-/m0/s1. The van der Waals surface area contributed by atoms with Crippen molar-refractivity contribution < 1.29 is 18.4 Å². The topological polar surface area (TPSA) is 83.1 Å². The summed E-state index contributed by atoms with van der Waals surface area (Å²) in [4.78, 5) is 6.17. The summed E-state index contributed by atoms with van der Waals surface area (Å²) < 4.78 is 29.9. The Morgan fingerprint density at radius 2 is 1.68 bits per heavy atom. The third-order valence-electron chi connectivity index (χ3n) is 5.15. The van der Waals surface area contributed by atoms with Crippen molar-refractivity contribution >= 4 is 22.4 Å². The van der Waals surface area contributed by atoms with Crippen molar-refractivity contribution in [1.82, 2.24) is 0 Å². The fourth-order valence-electron chi connectivity index (χ4n) is 3.44. The molecule has 1 aliphatic rings. The molecule has 2 N–H and O–H groups in total. The van der Waals surface area contributed by atoms with Crippen molar-refractivity contribution in [3.63, 3.8) is 0 Å². The number of nitrogens with zero attached hydrogens (tertiary/aromatic N) is 1. The first-order valence-corrected chi connectivity index (χ1v) is 11.0. The Kier molecular flexibility index (Phi) is 5.95. The Morgan fingerprint density at radius 1 is 1.03 bits per heavy atom. The van der Waals surface area contributed by atoms with Gasteiger partial charge in [0.15, 0.2) is 0 Å². The number of nitrogen functional groups attached to an aromatic ring is 1. The zero-order valence-electron chi connectivity index (χ0n) is 17.6. The van der Waals surface area contributed by atoms with Crippen LogP contribution >= 0.6 is 0 Å². The molecule has 0 fully saturated rings. The first-order valence-electron chi connectivity index (χ1n) is 9.81.